The van der Waals surface area contributed by atoms with Crippen molar-refractivity contribution in [2.24, 2.45) is 5.92 Å². The number of carboxylic acids is 1. The SMILES string of the molecule is CCC(CC)C(=O)Nc1ccc(CC(=O)O)nc1. The van der Waals surface area contributed by atoms with E-state index in [2.05, 4.69) is 10.3 Å². The van der Waals surface area contributed by atoms with Crippen LogP contribution in [0.4, 0.5) is 5.69 Å². The van der Waals surface area contributed by atoms with Crippen molar-refractivity contribution in [2.45, 2.75) is 33.1 Å². The number of hydrogen-bond acceptors (Lipinski definition) is 3. The molecule has 1 amide bonds. The molecule has 0 saturated carbocycles. The average Bonchev–Trinajstić information content (AvgIpc) is 2.32. The Morgan fingerprint density at radius 1 is 1.33 bits per heavy atom. The first-order valence-electron chi connectivity index (χ1n) is 6.04. The number of aromatic nitrogens is 1. The van der Waals surface area contributed by atoms with Gasteiger partial charge in [-0.05, 0) is 25.0 Å². The van der Waals surface area contributed by atoms with E-state index in [1.165, 1.54) is 6.20 Å². The largest absolute Gasteiger partial charge is 0.481 e. The number of rotatable bonds is 6. The Labute approximate surface area is 106 Å². The summed E-state index contributed by atoms with van der Waals surface area (Å²) >= 11 is 0. The van der Waals surface area contributed by atoms with Crippen LogP contribution in [-0.4, -0.2) is 22.0 Å². The van der Waals surface area contributed by atoms with Gasteiger partial charge in [-0.3, -0.25) is 14.6 Å². The first-order valence-corrected chi connectivity index (χ1v) is 6.04. The Hall–Kier alpha value is -1.91. The Morgan fingerprint density at radius 2 is 2.00 bits per heavy atom. The van der Waals surface area contributed by atoms with Crippen molar-refractivity contribution in [2.75, 3.05) is 5.32 Å². The number of hydrogen-bond donors (Lipinski definition) is 2. The van der Waals surface area contributed by atoms with Crippen LogP contribution in [0, 0.1) is 5.92 Å². The summed E-state index contributed by atoms with van der Waals surface area (Å²) in [5.74, 6) is -0.937. The number of anilines is 1. The molecular weight excluding hydrogens is 232 g/mol. The molecule has 2 N–H and O–H groups in total. The second-order valence-corrected chi connectivity index (χ2v) is 4.11. The summed E-state index contributed by atoms with van der Waals surface area (Å²) in [4.78, 5) is 26.3. The molecule has 1 heterocycles. The smallest absolute Gasteiger partial charge is 0.309 e. The summed E-state index contributed by atoms with van der Waals surface area (Å²) in [6, 6.07) is 3.28. The fourth-order valence-corrected chi connectivity index (χ4v) is 1.66. The molecule has 0 aliphatic carbocycles. The van der Waals surface area contributed by atoms with Crippen LogP contribution in [0.1, 0.15) is 32.4 Å². The second kappa shape index (κ2) is 6.74. The van der Waals surface area contributed by atoms with Gasteiger partial charge >= 0.3 is 5.97 Å². The maximum absolute atomic E-state index is 11.8. The van der Waals surface area contributed by atoms with Crippen LogP contribution in [0.15, 0.2) is 18.3 Å². The van der Waals surface area contributed by atoms with Crippen LogP contribution in [0.3, 0.4) is 0 Å². The summed E-state index contributed by atoms with van der Waals surface area (Å²) in [6.07, 6.45) is 2.97. The fourth-order valence-electron chi connectivity index (χ4n) is 1.66. The predicted octanol–water partition coefficient (Wildman–Crippen LogP) is 2.08. The molecule has 0 aliphatic heterocycles. The molecule has 1 aromatic rings. The molecule has 0 saturated heterocycles. The topological polar surface area (TPSA) is 79.3 Å². The van der Waals surface area contributed by atoms with Crippen LogP contribution in [-0.2, 0) is 16.0 Å². The molecule has 0 unspecified atom stereocenters. The number of aliphatic carboxylic acids is 1. The molecule has 5 heteroatoms. The van der Waals surface area contributed by atoms with Gasteiger partial charge in [0.05, 0.1) is 24.0 Å². The van der Waals surface area contributed by atoms with Crippen molar-refractivity contribution < 1.29 is 14.7 Å². The van der Waals surface area contributed by atoms with Crippen molar-refractivity contribution in [1.29, 1.82) is 0 Å². The summed E-state index contributed by atoms with van der Waals surface area (Å²) in [5, 5.41) is 11.4. The molecule has 0 aromatic carbocycles. The third kappa shape index (κ3) is 4.16. The van der Waals surface area contributed by atoms with Gasteiger partial charge in [0.25, 0.3) is 0 Å². The fraction of sp³-hybridized carbons (Fsp3) is 0.462. The van der Waals surface area contributed by atoms with E-state index in [4.69, 9.17) is 5.11 Å². The molecule has 1 rings (SSSR count). The van der Waals surface area contributed by atoms with Crippen LogP contribution < -0.4 is 5.32 Å². The third-order valence-corrected chi connectivity index (χ3v) is 2.78. The molecular formula is C13H18N2O3. The van der Waals surface area contributed by atoms with E-state index in [-0.39, 0.29) is 18.2 Å². The number of pyridine rings is 1. The normalized spacial score (nSPS) is 10.4. The first-order chi connectivity index (χ1) is 8.56. The van der Waals surface area contributed by atoms with Crippen molar-refractivity contribution in [3.8, 4) is 0 Å². The zero-order valence-corrected chi connectivity index (χ0v) is 10.6. The van der Waals surface area contributed by atoms with Gasteiger partial charge in [0.1, 0.15) is 0 Å². The van der Waals surface area contributed by atoms with Crippen molar-refractivity contribution in [3.63, 3.8) is 0 Å². The second-order valence-electron chi connectivity index (χ2n) is 4.11. The van der Waals surface area contributed by atoms with Gasteiger partial charge in [-0.25, -0.2) is 0 Å². The quantitative estimate of drug-likeness (QED) is 0.810. The minimum atomic E-state index is -0.920. The minimum Gasteiger partial charge on any atom is -0.481 e. The highest BCUT2D eigenvalue weighted by Crippen LogP contribution is 2.13. The number of carboxylic acid groups (broad SMARTS) is 1. The summed E-state index contributed by atoms with van der Waals surface area (Å²) in [7, 11) is 0. The van der Waals surface area contributed by atoms with Crippen LogP contribution in [0.2, 0.25) is 0 Å². The van der Waals surface area contributed by atoms with Crippen LogP contribution >= 0.6 is 0 Å². The molecule has 0 atom stereocenters. The molecule has 0 radical (unpaired) electrons. The maximum atomic E-state index is 11.8. The average molecular weight is 250 g/mol. The zero-order chi connectivity index (χ0) is 13.5. The molecule has 98 valence electrons. The van der Waals surface area contributed by atoms with E-state index in [9.17, 15) is 9.59 Å². The lowest BCUT2D eigenvalue weighted by molar-refractivity contribution is -0.136. The highest BCUT2D eigenvalue weighted by atomic mass is 16.4. The first kappa shape index (κ1) is 14.2. The van der Waals surface area contributed by atoms with Gasteiger partial charge in [0.2, 0.25) is 5.91 Å². The lowest BCUT2D eigenvalue weighted by Crippen LogP contribution is -2.21. The van der Waals surface area contributed by atoms with E-state index in [0.717, 1.165) is 12.8 Å². The molecule has 0 aliphatic rings. The summed E-state index contributed by atoms with van der Waals surface area (Å²) in [6.45, 7) is 3.95. The third-order valence-electron chi connectivity index (χ3n) is 2.78. The van der Waals surface area contributed by atoms with E-state index < -0.39 is 5.97 Å². The Bertz CT molecular complexity index is 411. The van der Waals surface area contributed by atoms with Gasteiger partial charge in [-0.15, -0.1) is 0 Å². The standard InChI is InChI=1S/C13H18N2O3/c1-3-9(4-2)13(18)15-11-6-5-10(14-8-11)7-12(16)17/h5-6,8-9H,3-4,7H2,1-2H3,(H,15,18)(H,16,17). The highest BCUT2D eigenvalue weighted by Gasteiger charge is 2.14. The monoisotopic (exact) mass is 250 g/mol. The molecule has 5 nitrogen and oxygen atoms in total. The van der Waals surface area contributed by atoms with Gasteiger partial charge in [0.15, 0.2) is 0 Å². The Balaban J connectivity index is 2.63. The van der Waals surface area contributed by atoms with E-state index in [1.807, 2.05) is 13.8 Å². The maximum Gasteiger partial charge on any atom is 0.309 e. The Kier molecular flexibility index (Phi) is 5.30. The molecule has 0 spiro atoms. The van der Waals surface area contributed by atoms with Crippen molar-refractivity contribution in [3.05, 3.63) is 24.0 Å². The van der Waals surface area contributed by atoms with Gasteiger partial charge in [-0.2, -0.15) is 0 Å². The predicted molar refractivity (Wildman–Crippen MR) is 68.3 cm³/mol. The lowest BCUT2D eigenvalue weighted by Gasteiger charge is -2.12. The van der Waals surface area contributed by atoms with E-state index in [0.29, 0.717) is 11.4 Å². The highest BCUT2D eigenvalue weighted by molar-refractivity contribution is 5.92. The molecule has 18 heavy (non-hydrogen) atoms. The number of nitrogens with one attached hydrogen (secondary N) is 1. The van der Waals surface area contributed by atoms with Crippen LogP contribution in [0.25, 0.3) is 0 Å². The number of nitrogens with zero attached hydrogens (tertiary/aromatic N) is 1. The number of amides is 1. The molecule has 0 fully saturated rings. The lowest BCUT2D eigenvalue weighted by atomic mass is 10.0. The van der Waals surface area contributed by atoms with E-state index >= 15 is 0 Å². The molecule has 1 aromatic heterocycles. The summed E-state index contributed by atoms with van der Waals surface area (Å²) < 4.78 is 0. The Morgan fingerprint density at radius 3 is 2.44 bits per heavy atom. The zero-order valence-electron chi connectivity index (χ0n) is 10.6. The number of carbonyl (C=O) groups excluding carboxylic acids is 1. The number of carbonyl (C=O) groups is 2. The summed E-state index contributed by atoms with van der Waals surface area (Å²) in [5.41, 5.74) is 1.07. The van der Waals surface area contributed by atoms with Gasteiger partial charge in [-0.1, -0.05) is 13.8 Å². The van der Waals surface area contributed by atoms with Crippen molar-refractivity contribution >= 4 is 17.6 Å². The van der Waals surface area contributed by atoms with E-state index in [1.54, 1.807) is 12.1 Å². The van der Waals surface area contributed by atoms with Gasteiger partial charge < -0.3 is 10.4 Å². The van der Waals surface area contributed by atoms with Crippen molar-refractivity contribution in [1.82, 2.24) is 4.98 Å². The molecule has 0 bridgehead atoms. The van der Waals surface area contributed by atoms with Gasteiger partial charge in [0, 0.05) is 5.92 Å². The van der Waals surface area contributed by atoms with Crippen LogP contribution in [0.5, 0.6) is 0 Å². The minimum absolute atomic E-state index is 0.00342.